The number of allylic oxidation sites excluding steroid dienone is 4. The Bertz CT molecular complexity index is 95.1. The number of hydrogen-bond acceptors (Lipinski definition) is 0. The highest BCUT2D eigenvalue weighted by Gasteiger charge is 1.44. The van der Waals surface area contributed by atoms with E-state index in [-0.39, 0.29) is 0 Å². The highest BCUT2D eigenvalue weighted by atomic mass is 35.5. The van der Waals surface area contributed by atoms with Gasteiger partial charge in [0.15, 0.2) is 0 Å². The summed E-state index contributed by atoms with van der Waals surface area (Å²) in [7, 11) is 0. The maximum absolute atomic E-state index is 5.05. The summed E-state index contributed by atoms with van der Waals surface area (Å²) < 4.78 is 0. The lowest BCUT2D eigenvalue weighted by molar-refractivity contribution is 2.11. The smallest absolute Gasteiger partial charge is 0.00422 e. The third kappa shape index (κ3) is 39.5. The molecular formula is C8H11Cl. The van der Waals surface area contributed by atoms with Gasteiger partial charge < -0.3 is 0 Å². The monoisotopic (exact) mass is 142 g/mol. The zero-order chi connectivity index (χ0) is 7.54. The number of hydrogen-bond donors (Lipinski definition) is 0. The highest BCUT2D eigenvalue weighted by molar-refractivity contribution is 6.25. The van der Waals surface area contributed by atoms with Crippen LogP contribution in [0.3, 0.4) is 0 Å². The van der Waals surface area contributed by atoms with Crippen LogP contribution >= 0.6 is 11.6 Å². The van der Waals surface area contributed by atoms with E-state index >= 15 is 0 Å². The Morgan fingerprint density at radius 3 is 1.33 bits per heavy atom. The molecule has 0 amide bonds. The van der Waals surface area contributed by atoms with Gasteiger partial charge in [0.05, 0.1) is 0 Å². The average molecular weight is 143 g/mol. The van der Waals surface area contributed by atoms with Crippen LogP contribution in [0.15, 0.2) is 49.6 Å². The van der Waals surface area contributed by atoms with Gasteiger partial charge in [0, 0.05) is 5.54 Å². The summed E-state index contributed by atoms with van der Waals surface area (Å²) >= 11 is 5.05. The van der Waals surface area contributed by atoms with Gasteiger partial charge >= 0.3 is 0 Å². The van der Waals surface area contributed by atoms with Crippen LogP contribution in [0.5, 0.6) is 0 Å². The predicted molar refractivity (Wildman–Crippen MR) is 45.6 cm³/mol. The average Bonchev–Trinajstić information content (AvgIpc) is 1.91. The maximum Gasteiger partial charge on any atom is 0.00422 e. The summed E-state index contributed by atoms with van der Waals surface area (Å²) in [5, 5.41) is 0. The summed E-state index contributed by atoms with van der Waals surface area (Å²) in [4.78, 5) is 0. The standard InChI is InChI=1S/C4H5Cl.C4H6/c1-2-3-4-5;1-3-4-2/h2-4H,1H2;3-4H,1-2H2/b4-3+;. The molecule has 0 atom stereocenters. The van der Waals surface area contributed by atoms with Crippen molar-refractivity contribution in [3.05, 3.63) is 49.6 Å². The minimum atomic E-state index is 1.41. The molecule has 0 saturated heterocycles. The first kappa shape index (κ1) is 11.1. The van der Waals surface area contributed by atoms with Crippen molar-refractivity contribution in [1.82, 2.24) is 0 Å². The normalized spacial score (nSPS) is 7.22. The zero-order valence-electron chi connectivity index (χ0n) is 5.39. The molecule has 0 fully saturated rings. The van der Waals surface area contributed by atoms with E-state index in [2.05, 4.69) is 19.7 Å². The van der Waals surface area contributed by atoms with E-state index in [0.717, 1.165) is 0 Å². The highest BCUT2D eigenvalue weighted by Crippen LogP contribution is 1.74. The van der Waals surface area contributed by atoms with Crippen LogP contribution in [-0.4, -0.2) is 0 Å². The van der Waals surface area contributed by atoms with Crippen LogP contribution in [-0.2, 0) is 0 Å². The van der Waals surface area contributed by atoms with Crippen molar-refractivity contribution >= 4 is 11.6 Å². The summed E-state index contributed by atoms with van der Waals surface area (Å²) in [6.07, 6.45) is 6.55. The topological polar surface area (TPSA) is 0 Å². The van der Waals surface area contributed by atoms with Crippen LogP contribution in [0.2, 0.25) is 0 Å². The first-order valence-electron chi connectivity index (χ1n) is 2.44. The van der Waals surface area contributed by atoms with Crippen molar-refractivity contribution in [3.8, 4) is 0 Å². The van der Waals surface area contributed by atoms with E-state index in [9.17, 15) is 0 Å². The molecule has 1 heteroatoms. The van der Waals surface area contributed by atoms with Gasteiger partial charge in [0.25, 0.3) is 0 Å². The van der Waals surface area contributed by atoms with E-state index in [1.54, 1.807) is 24.3 Å². The second kappa shape index (κ2) is 15.7. The molecule has 0 heterocycles. The molecule has 0 aliphatic carbocycles. The van der Waals surface area contributed by atoms with Crippen LogP contribution in [0, 0.1) is 0 Å². The number of rotatable bonds is 2. The first-order chi connectivity index (χ1) is 4.33. The lowest BCUT2D eigenvalue weighted by Gasteiger charge is -1.53. The van der Waals surface area contributed by atoms with Gasteiger partial charge in [0.1, 0.15) is 0 Å². The van der Waals surface area contributed by atoms with Gasteiger partial charge in [-0.2, -0.15) is 0 Å². The Morgan fingerprint density at radius 1 is 0.889 bits per heavy atom. The molecule has 0 aromatic carbocycles. The minimum Gasteiger partial charge on any atom is -0.0991 e. The van der Waals surface area contributed by atoms with E-state index in [4.69, 9.17) is 11.6 Å². The first-order valence-corrected chi connectivity index (χ1v) is 2.88. The van der Waals surface area contributed by atoms with Crippen molar-refractivity contribution in [2.45, 2.75) is 0 Å². The molecule has 9 heavy (non-hydrogen) atoms. The molecule has 0 aromatic rings. The fraction of sp³-hybridized carbons (Fsp3) is 0. The third-order valence-corrected chi connectivity index (χ3v) is 0.521. The minimum absolute atomic E-state index is 1.41. The summed E-state index contributed by atoms with van der Waals surface area (Å²) in [6, 6.07) is 0. The Balaban J connectivity index is 0. The van der Waals surface area contributed by atoms with Crippen molar-refractivity contribution in [3.63, 3.8) is 0 Å². The van der Waals surface area contributed by atoms with Crippen LogP contribution in [0.1, 0.15) is 0 Å². The van der Waals surface area contributed by atoms with Crippen molar-refractivity contribution in [1.29, 1.82) is 0 Å². The van der Waals surface area contributed by atoms with Gasteiger partial charge in [-0.05, 0) is 0 Å². The molecule has 0 bridgehead atoms. The summed E-state index contributed by atoms with van der Waals surface area (Å²) in [5.74, 6) is 0. The van der Waals surface area contributed by atoms with Gasteiger partial charge in [-0.1, -0.05) is 55.6 Å². The predicted octanol–water partition coefficient (Wildman–Crippen LogP) is 3.28. The molecule has 0 radical (unpaired) electrons. The van der Waals surface area contributed by atoms with E-state index in [1.165, 1.54) is 5.54 Å². The Morgan fingerprint density at radius 2 is 1.33 bits per heavy atom. The SMILES string of the molecule is C=C/C=C/Cl.C=CC=C. The third-order valence-electron chi connectivity index (χ3n) is 0.375. The zero-order valence-corrected chi connectivity index (χ0v) is 6.14. The van der Waals surface area contributed by atoms with Crippen LogP contribution in [0.25, 0.3) is 0 Å². The Hall–Kier alpha value is -0.750. The fourth-order valence-electron chi connectivity index (χ4n) is 0.0514. The second-order valence-corrected chi connectivity index (χ2v) is 1.28. The van der Waals surface area contributed by atoms with Crippen LogP contribution < -0.4 is 0 Å². The molecule has 0 rings (SSSR count). The Kier molecular flexibility index (Phi) is 19.3. The molecule has 0 saturated carbocycles. The van der Waals surface area contributed by atoms with Gasteiger partial charge in [-0.25, -0.2) is 0 Å². The van der Waals surface area contributed by atoms with Crippen molar-refractivity contribution in [2.75, 3.05) is 0 Å². The van der Waals surface area contributed by atoms with E-state index in [1.807, 2.05) is 0 Å². The van der Waals surface area contributed by atoms with Gasteiger partial charge in [-0.15, -0.1) is 0 Å². The lowest BCUT2D eigenvalue weighted by Crippen LogP contribution is -1.29. The number of halogens is 1. The maximum atomic E-state index is 5.05. The molecule has 0 aliphatic heterocycles. The molecule has 0 nitrogen and oxygen atoms in total. The molecule has 0 spiro atoms. The Labute approximate surface area is 61.8 Å². The largest absolute Gasteiger partial charge is 0.0991 e. The molecule has 0 N–H and O–H groups in total. The second-order valence-electron chi connectivity index (χ2n) is 1.03. The molecule has 50 valence electrons. The fourth-order valence-corrected chi connectivity index (χ4v) is 0.154. The molecule has 0 aromatic heterocycles. The molecule has 0 unspecified atom stereocenters. The molecule has 0 aliphatic rings. The van der Waals surface area contributed by atoms with E-state index < -0.39 is 0 Å². The van der Waals surface area contributed by atoms with Gasteiger partial charge in [0.2, 0.25) is 0 Å². The summed E-state index contributed by atoms with van der Waals surface area (Å²) in [6.45, 7) is 10.1. The van der Waals surface area contributed by atoms with Crippen molar-refractivity contribution in [2.24, 2.45) is 0 Å². The molecular weight excluding hydrogens is 132 g/mol. The van der Waals surface area contributed by atoms with Gasteiger partial charge in [-0.3, -0.25) is 0 Å². The quantitative estimate of drug-likeness (QED) is 0.519. The van der Waals surface area contributed by atoms with E-state index in [0.29, 0.717) is 0 Å². The lowest BCUT2D eigenvalue weighted by atomic mass is 10.6. The van der Waals surface area contributed by atoms with Crippen molar-refractivity contribution < 1.29 is 0 Å². The van der Waals surface area contributed by atoms with Crippen LogP contribution in [0.4, 0.5) is 0 Å². The summed E-state index contributed by atoms with van der Waals surface area (Å²) in [5.41, 5.74) is 1.41.